The molecule has 0 aromatic carbocycles. The van der Waals surface area contributed by atoms with Crippen molar-refractivity contribution in [3.05, 3.63) is 0 Å². The summed E-state index contributed by atoms with van der Waals surface area (Å²) in [7, 11) is 0. The molecule has 2 rings (SSSR count). The summed E-state index contributed by atoms with van der Waals surface area (Å²) < 4.78 is 0. The number of unbranched alkanes of at least 4 members (excludes halogenated alkanes) is 5. The first-order chi connectivity index (χ1) is 15.3. The van der Waals surface area contributed by atoms with Gasteiger partial charge in [-0.2, -0.15) is 0 Å². The van der Waals surface area contributed by atoms with E-state index in [0.29, 0.717) is 16.7 Å². The molecule has 3 heteroatoms. The average molecular weight is 449 g/mol. The minimum Gasteiger partial charge on any atom is -0.341 e. The van der Waals surface area contributed by atoms with Gasteiger partial charge >= 0.3 is 0 Å². The maximum absolute atomic E-state index is 12.7. The molecule has 1 unspecified atom stereocenters. The minimum atomic E-state index is 0.310. The van der Waals surface area contributed by atoms with Gasteiger partial charge in [0.2, 0.25) is 5.91 Å². The lowest BCUT2D eigenvalue weighted by Crippen LogP contribution is -2.62. The van der Waals surface area contributed by atoms with Crippen LogP contribution >= 0.6 is 0 Å². The summed E-state index contributed by atoms with van der Waals surface area (Å²) in [5, 5.41) is 0. The highest BCUT2D eigenvalue weighted by atomic mass is 16.2. The Morgan fingerprint density at radius 1 is 0.844 bits per heavy atom. The Kier molecular flexibility index (Phi) is 12.1. The lowest BCUT2D eigenvalue weighted by atomic mass is 9.71. The molecule has 2 fully saturated rings. The molecule has 2 saturated heterocycles. The van der Waals surface area contributed by atoms with Crippen LogP contribution in [0.5, 0.6) is 0 Å². The van der Waals surface area contributed by atoms with Gasteiger partial charge in [-0.3, -0.25) is 4.79 Å². The predicted octanol–water partition coefficient (Wildman–Crippen LogP) is 7.68. The minimum absolute atomic E-state index is 0.310. The van der Waals surface area contributed by atoms with Crippen LogP contribution in [0, 0.1) is 16.7 Å². The van der Waals surface area contributed by atoms with Gasteiger partial charge in [-0.15, -0.1) is 0 Å². The first kappa shape index (κ1) is 27.7. The summed E-state index contributed by atoms with van der Waals surface area (Å²) in [5.41, 5.74) is 0.758. The third-order valence-corrected chi connectivity index (χ3v) is 8.49. The number of nitrogens with zero attached hydrogens (tertiary/aromatic N) is 2. The normalized spacial score (nSPS) is 19.8. The van der Waals surface area contributed by atoms with Gasteiger partial charge in [-0.1, -0.05) is 86.0 Å². The zero-order chi connectivity index (χ0) is 23.5. The molecule has 1 spiro atoms. The molecule has 32 heavy (non-hydrogen) atoms. The summed E-state index contributed by atoms with van der Waals surface area (Å²) in [4.78, 5) is 17.7. The molecule has 1 amide bonds. The highest BCUT2D eigenvalue weighted by molar-refractivity contribution is 5.77. The highest BCUT2D eigenvalue weighted by Crippen LogP contribution is 2.41. The zero-order valence-corrected chi connectivity index (χ0v) is 22.5. The molecule has 0 N–H and O–H groups in total. The summed E-state index contributed by atoms with van der Waals surface area (Å²) in [6, 6.07) is 0. The Balaban J connectivity index is 1.68. The second-order valence-corrected chi connectivity index (χ2v) is 12.2. The van der Waals surface area contributed by atoms with E-state index in [9.17, 15) is 4.79 Å². The van der Waals surface area contributed by atoms with Crippen LogP contribution < -0.4 is 0 Å². The van der Waals surface area contributed by atoms with E-state index in [2.05, 4.69) is 44.4 Å². The summed E-state index contributed by atoms with van der Waals surface area (Å²) in [6.45, 7) is 17.4. The molecule has 2 aliphatic heterocycles. The van der Waals surface area contributed by atoms with Gasteiger partial charge in [0.1, 0.15) is 0 Å². The SMILES string of the molecule is CCCCCCC(CCCC)CN1CCC2(CC1)CN(C(=O)CCC(C)(C)CCCC)C2. The summed E-state index contributed by atoms with van der Waals surface area (Å²) in [6.07, 6.45) is 19.3. The van der Waals surface area contributed by atoms with Crippen LogP contribution in [0.25, 0.3) is 0 Å². The fourth-order valence-corrected chi connectivity index (χ4v) is 5.89. The fourth-order valence-electron chi connectivity index (χ4n) is 5.89. The second-order valence-electron chi connectivity index (χ2n) is 12.2. The van der Waals surface area contributed by atoms with E-state index in [4.69, 9.17) is 0 Å². The van der Waals surface area contributed by atoms with E-state index < -0.39 is 0 Å². The van der Waals surface area contributed by atoms with Gasteiger partial charge in [0.25, 0.3) is 0 Å². The van der Waals surface area contributed by atoms with Crippen LogP contribution in [0.15, 0.2) is 0 Å². The van der Waals surface area contributed by atoms with Gasteiger partial charge in [0.05, 0.1) is 0 Å². The van der Waals surface area contributed by atoms with Crippen molar-refractivity contribution in [3.63, 3.8) is 0 Å². The molecule has 0 aromatic rings. The first-order valence-electron chi connectivity index (χ1n) is 14.3. The number of carbonyl (C=O) groups excluding carboxylic acids is 1. The number of rotatable bonds is 16. The molecular formula is C29H56N2O. The number of amides is 1. The molecule has 1 atom stereocenters. The van der Waals surface area contributed by atoms with Crippen molar-refractivity contribution in [2.24, 2.45) is 16.7 Å². The van der Waals surface area contributed by atoms with Crippen molar-refractivity contribution >= 4 is 5.91 Å². The monoisotopic (exact) mass is 448 g/mol. The third kappa shape index (κ3) is 9.35. The Morgan fingerprint density at radius 3 is 2.09 bits per heavy atom. The van der Waals surface area contributed by atoms with Crippen LogP contribution in [-0.4, -0.2) is 48.4 Å². The van der Waals surface area contributed by atoms with Crippen molar-refractivity contribution in [1.82, 2.24) is 9.80 Å². The number of piperidine rings is 1. The second kappa shape index (κ2) is 14.0. The smallest absolute Gasteiger partial charge is 0.222 e. The summed E-state index contributed by atoms with van der Waals surface area (Å²) in [5.74, 6) is 1.31. The van der Waals surface area contributed by atoms with Gasteiger partial charge in [-0.25, -0.2) is 0 Å². The molecular weight excluding hydrogens is 392 g/mol. The zero-order valence-electron chi connectivity index (χ0n) is 22.5. The molecule has 0 bridgehead atoms. The lowest BCUT2D eigenvalue weighted by Gasteiger charge is -2.54. The molecule has 3 nitrogen and oxygen atoms in total. The van der Waals surface area contributed by atoms with Crippen LogP contribution in [0.2, 0.25) is 0 Å². The van der Waals surface area contributed by atoms with Gasteiger partial charge < -0.3 is 9.80 Å². The lowest BCUT2D eigenvalue weighted by molar-refractivity contribution is -0.147. The number of hydrogen-bond acceptors (Lipinski definition) is 2. The van der Waals surface area contributed by atoms with Gasteiger partial charge in [0.15, 0.2) is 0 Å². The van der Waals surface area contributed by atoms with E-state index in [1.165, 1.54) is 103 Å². The van der Waals surface area contributed by atoms with Crippen molar-refractivity contribution in [2.45, 2.75) is 131 Å². The van der Waals surface area contributed by atoms with Crippen molar-refractivity contribution in [3.8, 4) is 0 Å². The largest absolute Gasteiger partial charge is 0.341 e. The maximum Gasteiger partial charge on any atom is 0.222 e. The standard InChI is InChI=1S/C29H56N2O/c1-6-9-12-13-15-26(14-10-7-2)23-30-21-19-29(20-22-30)24-31(25-29)27(32)16-18-28(4,5)17-11-8-3/h26H,6-25H2,1-5H3. The highest BCUT2D eigenvalue weighted by Gasteiger charge is 2.46. The molecule has 0 saturated carbocycles. The Morgan fingerprint density at radius 2 is 1.47 bits per heavy atom. The average Bonchev–Trinajstić information content (AvgIpc) is 2.76. The van der Waals surface area contributed by atoms with Crippen LogP contribution in [0.4, 0.5) is 0 Å². The maximum atomic E-state index is 12.7. The molecule has 0 aromatic heterocycles. The number of hydrogen-bond donors (Lipinski definition) is 0. The Hall–Kier alpha value is -0.570. The van der Waals surface area contributed by atoms with Crippen LogP contribution in [-0.2, 0) is 4.79 Å². The van der Waals surface area contributed by atoms with E-state index in [-0.39, 0.29) is 0 Å². The molecule has 2 heterocycles. The molecule has 0 aliphatic carbocycles. The van der Waals surface area contributed by atoms with E-state index in [1.54, 1.807) is 0 Å². The molecule has 188 valence electrons. The number of likely N-dealkylation sites (tertiary alicyclic amines) is 2. The van der Waals surface area contributed by atoms with Gasteiger partial charge in [0, 0.05) is 31.5 Å². The fraction of sp³-hybridized carbons (Fsp3) is 0.966. The quantitative estimate of drug-likeness (QED) is 0.226. The van der Waals surface area contributed by atoms with E-state index in [0.717, 1.165) is 31.8 Å². The number of carbonyl (C=O) groups is 1. The van der Waals surface area contributed by atoms with Crippen LogP contribution in [0.1, 0.15) is 131 Å². The molecule has 0 radical (unpaired) electrons. The van der Waals surface area contributed by atoms with Crippen LogP contribution in [0.3, 0.4) is 0 Å². The van der Waals surface area contributed by atoms with Crippen molar-refractivity contribution in [1.29, 1.82) is 0 Å². The Labute approximate surface area is 201 Å². The molecule has 2 aliphatic rings. The van der Waals surface area contributed by atoms with E-state index >= 15 is 0 Å². The van der Waals surface area contributed by atoms with Crippen molar-refractivity contribution in [2.75, 3.05) is 32.7 Å². The van der Waals surface area contributed by atoms with Crippen molar-refractivity contribution < 1.29 is 4.79 Å². The van der Waals surface area contributed by atoms with Gasteiger partial charge in [-0.05, 0) is 62.9 Å². The first-order valence-corrected chi connectivity index (χ1v) is 14.3. The topological polar surface area (TPSA) is 23.6 Å². The third-order valence-electron chi connectivity index (χ3n) is 8.49. The summed E-state index contributed by atoms with van der Waals surface area (Å²) >= 11 is 0. The predicted molar refractivity (Wildman–Crippen MR) is 139 cm³/mol. The Bertz CT molecular complexity index is 513. The van der Waals surface area contributed by atoms with E-state index in [1.807, 2.05) is 0 Å².